The first-order chi connectivity index (χ1) is 12.6. The molecule has 0 aliphatic heterocycles. The van der Waals surface area contributed by atoms with Crippen molar-refractivity contribution in [1.82, 2.24) is 15.0 Å². The van der Waals surface area contributed by atoms with Gasteiger partial charge in [0.15, 0.2) is 5.16 Å². The third-order valence-corrected chi connectivity index (χ3v) is 5.19. The van der Waals surface area contributed by atoms with E-state index in [0.717, 1.165) is 28.3 Å². The van der Waals surface area contributed by atoms with E-state index >= 15 is 0 Å². The van der Waals surface area contributed by atoms with Gasteiger partial charge in [-0.2, -0.15) is 5.10 Å². The molecule has 1 amide bonds. The highest BCUT2D eigenvalue weighted by atomic mass is 35.5. The molecule has 26 heavy (non-hydrogen) atoms. The topological polar surface area (TPSA) is 59.3 Å². The summed E-state index contributed by atoms with van der Waals surface area (Å²) in [5.74, 6) is 0.0546. The Balaban J connectivity index is 1.64. The second-order valence-electron chi connectivity index (χ2n) is 5.63. The van der Waals surface area contributed by atoms with Crippen LogP contribution in [0.25, 0.3) is 11.0 Å². The number of hydrogen-bond donors (Lipinski definition) is 1. The molecule has 1 N–H and O–H groups in total. The van der Waals surface area contributed by atoms with Crippen molar-refractivity contribution in [3.8, 4) is 0 Å². The van der Waals surface area contributed by atoms with Gasteiger partial charge in [0.1, 0.15) is 0 Å². The number of aryl methyl sites for hydroxylation is 1. The van der Waals surface area contributed by atoms with Crippen molar-refractivity contribution in [3.63, 3.8) is 0 Å². The molecule has 134 valence electrons. The Labute approximate surface area is 161 Å². The van der Waals surface area contributed by atoms with Gasteiger partial charge in [-0.15, -0.1) is 0 Å². The van der Waals surface area contributed by atoms with Crippen LogP contribution in [-0.4, -0.2) is 26.9 Å². The molecule has 0 saturated carbocycles. The molecule has 0 bridgehead atoms. The summed E-state index contributed by atoms with van der Waals surface area (Å²) in [4.78, 5) is 16.7. The van der Waals surface area contributed by atoms with E-state index in [4.69, 9.17) is 11.6 Å². The highest BCUT2D eigenvalue weighted by Crippen LogP contribution is 2.23. The molecule has 1 heterocycles. The Hall–Kier alpha value is -2.31. The first kappa shape index (κ1) is 18.5. The number of carbonyl (C=O) groups is 1. The zero-order valence-corrected chi connectivity index (χ0v) is 16.1. The lowest BCUT2D eigenvalue weighted by Crippen LogP contribution is -2.21. The van der Waals surface area contributed by atoms with Crippen molar-refractivity contribution in [3.05, 3.63) is 59.1 Å². The van der Waals surface area contributed by atoms with E-state index in [1.54, 1.807) is 6.07 Å². The first-order valence-electron chi connectivity index (χ1n) is 8.26. The number of nitrogens with one attached hydrogen (secondary N) is 1. The van der Waals surface area contributed by atoms with E-state index in [-0.39, 0.29) is 11.7 Å². The second-order valence-corrected chi connectivity index (χ2v) is 6.98. The molecule has 0 aliphatic carbocycles. The van der Waals surface area contributed by atoms with E-state index in [9.17, 15) is 4.79 Å². The van der Waals surface area contributed by atoms with Crippen LogP contribution in [-0.2, 0) is 11.3 Å². The van der Waals surface area contributed by atoms with Gasteiger partial charge in [0, 0.05) is 17.1 Å². The number of carbonyl (C=O) groups excluding carboxylic acids is 1. The molecule has 0 aliphatic rings. The number of hydrogen-bond acceptors (Lipinski definition) is 4. The van der Waals surface area contributed by atoms with Gasteiger partial charge in [0.05, 0.1) is 22.5 Å². The fraction of sp³-hybridized carbons (Fsp3) is 0.211. The Morgan fingerprint density at radius 3 is 2.73 bits per heavy atom. The van der Waals surface area contributed by atoms with Crippen LogP contribution in [0.5, 0.6) is 0 Å². The molecule has 2 aromatic carbocycles. The maximum atomic E-state index is 12.1. The van der Waals surface area contributed by atoms with Gasteiger partial charge in [-0.3, -0.25) is 4.79 Å². The second kappa shape index (κ2) is 8.38. The Morgan fingerprint density at radius 2 is 1.96 bits per heavy atom. The lowest BCUT2D eigenvalue weighted by molar-refractivity contribution is -0.118. The van der Waals surface area contributed by atoms with Crippen LogP contribution in [0, 0.1) is 0 Å². The van der Waals surface area contributed by atoms with Crippen LogP contribution in [0.3, 0.4) is 0 Å². The van der Waals surface area contributed by atoms with Crippen molar-refractivity contribution in [2.45, 2.75) is 25.5 Å². The van der Waals surface area contributed by atoms with Crippen LogP contribution in [0.1, 0.15) is 19.4 Å². The number of rotatable bonds is 6. The minimum Gasteiger partial charge on any atom is -0.319 e. The number of nitrogens with zero attached hydrogens (tertiary/aromatic N) is 3. The van der Waals surface area contributed by atoms with Crippen molar-refractivity contribution < 1.29 is 4.79 Å². The summed E-state index contributed by atoms with van der Waals surface area (Å²) in [5, 5.41) is 5.58. The molecule has 7 heteroatoms. The predicted molar refractivity (Wildman–Crippen MR) is 108 cm³/mol. The monoisotopic (exact) mass is 386 g/mol. The fourth-order valence-electron chi connectivity index (χ4n) is 2.59. The number of halogens is 1. The number of imidazole rings is 1. The molecule has 0 atom stereocenters. The van der Waals surface area contributed by atoms with Crippen molar-refractivity contribution >= 4 is 46.0 Å². The normalized spacial score (nSPS) is 11.7. The lowest BCUT2D eigenvalue weighted by atomic mass is 10.1. The maximum absolute atomic E-state index is 12.1. The van der Waals surface area contributed by atoms with Crippen molar-refractivity contribution in [2.75, 3.05) is 5.75 Å². The highest BCUT2D eigenvalue weighted by molar-refractivity contribution is 7.99. The Morgan fingerprint density at radius 1 is 1.23 bits per heavy atom. The zero-order chi connectivity index (χ0) is 18.5. The van der Waals surface area contributed by atoms with E-state index in [1.807, 2.05) is 49.4 Å². The van der Waals surface area contributed by atoms with Gasteiger partial charge in [-0.25, -0.2) is 10.4 Å². The van der Waals surface area contributed by atoms with Crippen LogP contribution in [0.4, 0.5) is 0 Å². The van der Waals surface area contributed by atoms with E-state index in [0.29, 0.717) is 10.7 Å². The van der Waals surface area contributed by atoms with Crippen LogP contribution in [0.15, 0.2) is 58.8 Å². The minimum absolute atomic E-state index is 0.184. The van der Waals surface area contributed by atoms with E-state index in [2.05, 4.69) is 27.0 Å². The average molecular weight is 387 g/mol. The first-order valence-corrected chi connectivity index (χ1v) is 9.62. The Kier molecular flexibility index (Phi) is 5.96. The Bertz CT molecular complexity index is 967. The summed E-state index contributed by atoms with van der Waals surface area (Å²) in [6.45, 7) is 4.68. The summed E-state index contributed by atoms with van der Waals surface area (Å²) in [6, 6.07) is 15.4. The number of hydrazone groups is 1. The number of benzene rings is 2. The number of para-hydroxylation sites is 2. The molecular formula is C19H19ClN4OS. The molecule has 0 spiro atoms. The standard InChI is InChI=1S/C19H19ClN4OS/c1-3-24-17-11-7-6-10-16(17)21-19(24)26-12-18(25)23-22-13(2)14-8-4-5-9-15(14)20/h4-11H,3,12H2,1-2H3,(H,23,25)/b22-13+. The molecule has 0 fully saturated rings. The third kappa shape index (κ3) is 4.08. The van der Waals surface area contributed by atoms with Gasteiger partial charge in [-0.1, -0.05) is 53.7 Å². The van der Waals surface area contributed by atoms with Crippen LogP contribution < -0.4 is 5.43 Å². The van der Waals surface area contributed by atoms with Gasteiger partial charge in [0.2, 0.25) is 0 Å². The minimum atomic E-state index is -0.184. The van der Waals surface area contributed by atoms with Crippen LogP contribution in [0.2, 0.25) is 5.02 Å². The van der Waals surface area contributed by atoms with Crippen molar-refractivity contribution in [2.24, 2.45) is 5.10 Å². The summed E-state index contributed by atoms with van der Waals surface area (Å²) in [6.07, 6.45) is 0. The third-order valence-electron chi connectivity index (χ3n) is 3.88. The smallest absolute Gasteiger partial charge is 0.250 e. The molecule has 1 aromatic heterocycles. The van der Waals surface area contributed by atoms with Gasteiger partial charge in [0.25, 0.3) is 5.91 Å². The SMILES string of the molecule is CCn1c(SCC(=O)N/N=C(\C)c2ccccc2Cl)nc2ccccc21. The van der Waals surface area contributed by atoms with Gasteiger partial charge < -0.3 is 4.57 Å². The summed E-state index contributed by atoms with van der Waals surface area (Å²) in [7, 11) is 0. The number of amides is 1. The lowest BCUT2D eigenvalue weighted by Gasteiger charge is -2.06. The molecule has 5 nitrogen and oxygen atoms in total. The predicted octanol–water partition coefficient (Wildman–Crippen LogP) is 4.34. The van der Waals surface area contributed by atoms with Gasteiger partial charge >= 0.3 is 0 Å². The maximum Gasteiger partial charge on any atom is 0.250 e. The molecule has 0 unspecified atom stereocenters. The number of fused-ring (bicyclic) bond motifs is 1. The summed E-state index contributed by atoms with van der Waals surface area (Å²) < 4.78 is 2.10. The molecule has 3 rings (SSSR count). The molecule has 0 radical (unpaired) electrons. The van der Waals surface area contributed by atoms with E-state index < -0.39 is 0 Å². The summed E-state index contributed by atoms with van der Waals surface area (Å²) in [5.41, 5.74) is 6.05. The van der Waals surface area contributed by atoms with Crippen molar-refractivity contribution in [1.29, 1.82) is 0 Å². The molecular weight excluding hydrogens is 368 g/mol. The highest BCUT2D eigenvalue weighted by Gasteiger charge is 2.11. The van der Waals surface area contributed by atoms with E-state index in [1.165, 1.54) is 11.8 Å². The number of aromatic nitrogens is 2. The molecule has 0 saturated heterocycles. The zero-order valence-electron chi connectivity index (χ0n) is 14.6. The van der Waals surface area contributed by atoms with Gasteiger partial charge in [-0.05, 0) is 32.0 Å². The summed E-state index contributed by atoms with van der Waals surface area (Å²) >= 11 is 7.54. The van der Waals surface area contributed by atoms with Crippen LogP contribution >= 0.6 is 23.4 Å². The quantitative estimate of drug-likeness (QED) is 0.389. The largest absolute Gasteiger partial charge is 0.319 e. The molecule has 3 aromatic rings. The number of thioether (sulfide) groups is 1. The average Bonchev–Trinajstić information content (AvgIpc) is 3.02. The fourth-order valence-corrected chi connectivity index (χ4v) is 3.74.